The second-order valence-electron chi connectivity index (χ2n) is 5.63. The molecule has 0 aliphatic carbocycles. The molecule has 1 aliphatic rings. The predicted molar refractivity (Wildman–Crippen MR) is 84.2 cm³/mol. The van der Waals surface area contributed by atoms with E-state index in [1.54, 1.807) is 25.8 Å². The number of amides is 1. The smallest absolute Gasteiger partial charge is 0.358 e. The number of nitrogens with zero attached hydrogens (tertiary/aromatic N) is 2. The van der Waals surface area contributed by atoms with Crippen molar-refractivity contribution >= 4 is 35.1 Å². The van der Waals surface area contributed by atoms with Gasteiger partial charge in [-0.3, -0.25) is 4.79 Å². The number of carbonyl (C=O) groups excluding carboxylic acids is 2. The lowest BCUT2D eigenvalue weighted by Gasteiger charge is -2.35. The summed E-state index contributed by atoms with van der Waals surface area (Å²) in [6.45, 7) is 3.58. The van der Waals surface area contributed by atoms with E-state index in [1.165, 1.54) is 5.06 Å². The number of carbonyl (C=O) groups is 2. The first kappa shape index (κ1) is 17.1. The van der Waals surface area contributed by atoms with Gasteiger partial charge in [0.1, 0.15) is 11.7 Å². The van der Waals surface area contributed by atoms with Gasteiger partial charge in [-0.15, -0.1) is 5.06 Å². The maximum Gasteiger partial charge on any atom is 0.358 e. The van der Waals surface area contributed by atoms with Crippen LogP contribution in [0.1, 0.15) is 19.4 Å². The van der Waals surface area contributed by atoms with Crippen molar-refractivity contribution in [2.45, 2.75) is 36.8 Å². The normalized spacial score (nSPS) is 21.5. The zero-order valence-electron chi connectivity index (χ0n) is 12.6. The maximum absolute atomic E-state index is 12.5. The van der Waals surface area contributed by atoms with E-state index in [0.717, 1.165) is 5.56 Å². The molecule has 7 heteroatoms. The van der Waals surface area contributed by atoms with Gasteiger partial charge >= 0.3 is 5.97 Å². The lowest BCUT2D eigenvalue weighted by Crippen LogP contribution is -2.50. The van der Waals surface area contributed by atoms with Crippen molar-refractivity contribution in [2.75, 3.05) is 7.05 Å². The SMILES string of the molecule is CN1C(=O)C(Cc2ccccc2)N(OC(=O)C(Cl)Cl)C1(C)C. The van der Waals surface area contributed by atoms with E-state index >= 15 is 0 Å². The van der Waals surface area contributed by atoms with Crippen LogP contribution < -0.4 is 0 Å². The molecule has 0 N–H and O–H groups in total. The van der Waals surface area contributed by atoms with Crippen LogP contribution in [-0.4, -0.2) is 45.4 Å². The van der Waals surface area contributed by atoms with E-state index in [-0.39, 0.29) is 5.91 Å². The lowest BCUT2D eigenvalue weighted by atomic mass is 10.1. The minimum absolute atomic E-state index is 0.123. The summed E-state index contributed by atoms with van der Waals surface area (Å²) in [6, 6.07) is 8.92. The van der Waals surface area contributed by atoms with Crippen molar-refractivity contribution in [3.63, 3.8) is 0 Å². The minimum Gasteiger partial charge on any atom is -0.362 e. The third kappa shape index (κ3) is 3.21. The highest BCUT2D eigenvalue weighted by Crippen LogP contribution is 2.32. The molecule has 1 aromatic carbocycles. The van der Waals surface area contributed by atoms with Crippen LogP contribution in [0.5, 0.6) is 0 Å². The zero-order valence-corrected chi connectivity index (χ0v) is 14.1. The fourth-order valence-electron chi connectivity index (χ4n) is 2.44. The highest BCUT2D eigenvalue weighted by Gasteiger charge is 2.52. The van der Waals surface area contributed by atoms with Gasteiger partial charge in [0.05, 0.1) is 0 Å². The van der Waals surface area contributed by atoms with E-state index in [1.807, 2.05) is 30.3 Å². The van der Waals surface area contributed by atoms with Crippen LogP contribution in [0.4, 0.5) is 0 Å². The summed E-state index contributed by atoms with van der Waals surface area (Å²) >= 11 is 11.1. The standard InChI is InChI=1S/C15H18Cl2N2O3/c1-15(2)18(3)13(20)11(9-10-7-5-4-6-8-10)19(15)22-14(21)12(16)17/h4-8,11-12H,9H2,1-3H3. The summed E-state index contributed by atoms with van der Waals surface area (Å²) in [5.41, 5.74) is 0.191. The van der Waals surface area contributed by atoms with Crippen LogP contribution in [0.25, 0.3) is 0 Å². The molecule has 1 saturated heterocycles. The highest BCUT2D eigenvalue weighted by atomic mass is 35.5. The summed E-state index contributed by atoms with van der Waals surface area (Å²) in [5.74, 6) is -0.917. The number of likely N-dealkylation sites (N-methyl/N-ethyl adjacent to an activating group) is 1. The van der Waals surface area contributed by atoms with Crippen molar-refractivity contribution in [3.8, 4) is 0 Å². The second kappa shape index (κ2) is 6.44. The molecular formula is C15H18Cl2N2O3. The van der Waals surface area contributed by atoms with Gasteiger partial charge in [0, 0.05) is 13.5 Å². The molecule has 1 aromatic rings. The Labute approximate surface area is 139 Å². The molecule has 0 saturated carbocycles. The fourth-order valence-corrected chi connectivity index (χ4v) is 2.52. The van der Waals surface area contributed by atoms with E-state index < -0.39 is 22.5 Å². The van der Waals surface area contributed by atoms with E-state index in [4.69, 9.17) is 28.0 Å². The fraction of sp³-hybridized carbons (Fsp3) is 0.467. The van der Waals surface area contributed by atoms with Crippen LogP contribution in [0.3, 0.4) is 0 Å². The first-order chi connectivity index (χ1) is 10.2. The van der Waals surface area contributed by atoms with Crippen molar-refractivity contribution in [3.05, 3.63) is 35.9 Å². The lowest BCUT2D eigenvalue weighted by molar-refractivity contribution is -0.227. The van der Waals surface area contributed by atoms with Gasteiger partial charge in [0.25, 0.3) is 0 Å². The molecule has 22 heavy (non-hydrogen) atoms. The predicted octanol–water partition coefficient (Wildman–Crippen LogP) is 2.37. The molecule has 1 atom stereocenters. The maximum atomic E-state index is 12.5. The molecule has 1 fully saturated rings. The number of hydrogen-bond donors (Lipinski definition) is 0. The van der Waals surface area contributed by atoms with Crippen molar-refractivity contribution in [1.82, 2.24) is 9.96 Å². The van der Waals surface area contributed by atoms with Crippen LogP contribution in [0.2, 0.25) is 0 Å². The Balaban J connectivity index is 2.27. The van der Waals surface area contributed by atoms with E-state index in [9.17, 15) is 9.59 Å². The second-order valence-corrected chi connectivity index (χ2v) is 6.73. The topological polar surface area (TPSA) is 49.9 Å². The highest BCUT2D eigenvalue weighted by molar-refractivity contribution is 6.52. The zero-order chi connectivity index (χ0) is 16.5. The van der Waals surface area contributed by atoms with Crippen molar-refractivity contribution < 1.29 is 14.4 Å². The van der Waals surface area contributed by atoms with Gasteiger partial charge in [0.2, 0.25) is 10.7 Å². The largest absolute Gasteiger partial charge is 0.362 e. The molecule has 0 aromatic heterocycles. The molecule has 0 radical (unpaired) electrons. The summed E-state index contributed by atoms with van der Waals surface area (Å²) < 4.78 is 0. The molecule has 2 rings (SSSR count). The third-order valence-electron chi connectivity index (χ3n) is 3.90. The summed E-state index contributed by atoms with van der Waals surface area (Å²) in [7, 11) is 1.67. The van der Waals surface area contributed by atoms with Gasteiger partial charge in [-0.25, -0.2) is 4.79 Å². The number of halogens is 2. The molecule has 0 spiro atoms. The number of hydroxylamine groups is 2. The number of hydrogen-bond acceptors (Lipinski definition) is 4. The Morgan fingerprint density at radius 2 is 1.91 bits per heavy atom. The van der Waals surface area contributed by atoms with Gasteiger partial charge < -0.3 is 9.74 Å². The first-order valence-electron chi connectivity index (χ1n) is 6.86. The van der Waals surface area contributed by atoms with Crippen LogP contribution in [0, 0.1) is 0 Å². The Bertz CT molecular complexity index is 563. The molecular weight excluding hydrogens is 327 g/mol. The Morgan fingerprint density at radius 3 is 2.45 bits per heavy atom. The Hall–Kier alpha value is -1.30. The van der Waals surface area contributed by atoms with Crippen molar-refractivity contribution in [1.29, 1.82) is 0 Å². The Morgan fingerprint density at radius 1 is 1.32 bits per heavy atom. The average molecular weight is 345 g/mol. The molecule has 5 nitrogen and oxygen atoms in total. The minimum atomic E-state index is -1.30. The van der Waals surface area contributed by atoms with Crippen LogP contribution in [0.15, 0.2) is 30.3 Å². The molecule has 1 aliphatic heterocycles. The molecule has 1 heterocycles. The van der Waals surface area contributed by atoms with Gasteiger partial charge in [0.15, 0.2) is 0 Å². The molecule has 0 bridgehead atoms. The molecule has 1 amide bonds. The third-order valence-corrected chi connectivity index (χ3v) is 4.25. The van der Waals surface area contributed by atoms with Crippen LogP contribution in [-0.2, 0) is 20.8 Å². The number of rotatable bonds is 4. The van der Waals surface area contributed by atoms with E-state index in [0.29, 0.717) is 6.42 Å². The average Bonchev–Trinajstić information content (AvgIpc) is 2.63. The molecule has 1 unspecified atom stereocenters. The monoisotopic (exact) mass is 344 g/mol. The van der Waals surface area contributed by atoms with Crippen LogP contribution >= 0.6 is 23.2 Å². The number of alkyl halides is 2. The summed E-state index contributed by atoms with van der Waals surface area (Å²) in [6.07, 6.45) is 0.427. The Kier molecular flexibility index (Phi) is 5.00. The molecule has 120 valence electrons. The van der Waals surface area contributed by atoms with Gasteiger partial charge in [-0.2, -0.15) is 0 Å². The van der Waals surface area contributed by atoms with E-state index in [2.05, 4.69) is 0 Å². The van der Waals surface area contributed by atoms with Gasteiger partial charge in [-0.05, 0) is 19.4 Å². The van der Waals surface area contributed by atoms with Crippen molar-refractivity contribution in [2.24, 2.45) is 0 Å². The number of benzene rings is 1. The first-order valence-corrected chi connectivity index (χ1v) is 7.73. The quantitative estimate of drug-likeness (QED) is 0.787. The van der Waals surface area contributed by atoms with Gasteiger partial charge in [-0.1, -0.05) is 53.5 Å². The summed E-state index contributed by atoms with van der Waals surface area (Å²) in [5, 5.41) is 1.38. The summed E-state index contributed by atoms with van der Waals surface area (Å²) in [4.78, 5) is 29.8.